The molecule has 0 bridgehead atoms. The number of halogens is 4. The molecule has 5 nitrogen and oxygen atoms in total. The fourth-order valence-electron chi connectivity index (χ4n) is 3.01. The normalized spacial score (nSPS) is 15.6. The number of aryl methyl sites for hydroxylation is 1. The summed E-state index contributed by atoms with van der Waals surface area (Å²) < 4.78 is 38.3. The Labute approximate surface area is 159 Å². The summed E-state index contributed by atoms with van der Waals surface area (Å²) in [4.78, 5) is 24.2. The molecule has 27 heavy (non-hydrogen) atoms. The largest absolute Gasteiger partial charge is 0.417 e. The second kappa shape index (κ2) is 7.72. The number of nitrogens with zero attached hydrogens (tertiary/aromatic N) is 4. The van der Waals surface area contributed by atoms with E-state index in [1.807, 2.05) is 11.8 Å². The van der Waals surface area contributed by atoms with E-state index < -0.39 is 11.7 Å². The van der Waals surface area contributed by atoms with Crippen LogP contribution < -0.4 is 4.90 Å². The summed E-state index contributed by atoms with van der Waals surface area (Å²) in [6.45, 7) is 3.82. The van der Waals surface area contributed by atoms with E-state index >= 15 is 0 Å². The van der Waals surface area contributed by atoms with E-state index in [2.05, 4.69) is 9.97 Å². The van der Waals surface area contributed by atoms with Gasteiger partial charge >= 0.3 is 6.18 Å². The van der Waals surface area contributed by atoms with Crippen molar-refractivity contribution in [3.05, 3.63) is 52.4 Å². The van der Waals surface area contributed by atoms with Gasteiger partial charge in [0, 0.05) is 44.8 Å². The zero-order valence-electron chi connectivity index (χ0n) is 14.6. The summed E-state index contributed by atoms with van der Waals surface area (Å²) in [6.07, 6.45) is 0.169. The van der Waals surface area contributed by atoms with Crippen molar-refractivity contribution in [1.29, 1.82) is 0 Å². The summed E-state index contributed by atoms with van der Waals surface area (Å²) in [5, 5.41) is -0.0486. The molecule has 0 atom stereocenters. The number of amides is 1. The van der Waals surface area contributed by atoms with Gasteiger partial charge in [0.25, 0.3) is 5.91 Å². The lowest BCUT2D eigenvalue weighted by Gasteiger charge is -2.24. The van der Waals surface area contributed by atoms with E-state index in [-0.39, 0.29) is 10.9 Å². The van der Waals surface area contributed by atoms with Crippen molar-refractivity contribution in [3.8, 4) is 0 Å². The van der Waals surface area contributed by atoms with Crippen molar-refractivity contribution >= 4 is 23.3 Å². The van der Waals surface area contributed by atoms with Crippen molar-refractivity contribution in [3.63, 3.8) is 0 Å². The van der Waals surface area contributed by atoms with Crippen molar-refractivity contribution in [2.75, 3.05) is 31.1 Å². The fourth-order valence-corrected chi connectivity index (χ4v) is 3.29. The molecule has 0 unspecified atom stereocenters. The SMILES string of the molecule is Cc1cncc(C(=O)N2CCCN(c3ncc(C(F)(F)F)cc3Cl)CC2)c1. The van der Waals surface area contributed by atoms with Crippen molar-refractivity contribution in [2.24, 2.45) is 0 Å². The van der Waals surface area contributed by atoms with Gasteiger partial charge in [0.05, 0.1) is 16.1 Å². The average molecular weight is 399 g/mol. The van der Waals surface area contributed by atoms with Gasteiger partial charge in [-0.3, -0.25) is 9.78 Å². The Kier molecular flexibility index (Phi) is 5.55. The van der Waals surface area contributed by atoms with E-state index in [1.165, 1.54) is 6.20 Å². The first kappa shape index (κ1) is 19.4. The van der Waals surface area contributed by atoms with E-state index in [9.17, 15) is 18.0 Å². The molecule has 2 aromatic heterocycles. The summed E-state index contributed by atoms with van der Waals surface area (Å²) in [5.41, 5.74) is 0.544. The lowest BCUT2D eigenvalue weighted by Crippen LogP contribution is -2.35. The first-order valence-electron chi connectivity index (χ1n) is 8.44. The van der Waals surface area contributed by atoms with Crippen LogP contribution in [0.25, 0.3) is 0 Å². The summed E-state index contributed by atoms with van der Waals surface area (Å²) in [6, 6.07) is 2.67. The molecule has 2 aromatic rings. The Morgan fingerprint density at radius 3 is 2.56 bits per heavy atom. The lowest BCUT2D eigenvalue weighted by molar-refractivity contribution is -0.137. The molecule has 144 valence electrons. The molecule has 0 aromatic carbocycles. The van der Waals surface area contributed by atoms with Gasteiger partial charge in [0.15, 0.2) is 0 Å². The minimum Gasteiger partial charge on any atom is -0.354 e. The second-order valence-electron chi connectivity index (χ2n) is 6.41. The highest BCUT2D eigenvalue weighted by atomic mass is 35.5. The number of alkyl halides is 3. The molecule has 0 aliphatic carbocycles. The van der Waals surface area contributed by atoms with Gasteiger partial charge in [-0.1, -0.05) is 11.6 Å². The molecule has 1 saturated heterocycles. The summed E-state index contributed by atoms with van der Waals surface area (Å²) in [7, 11) is 0. The number of carbonyl (C=O) groups excluding carboxylic acids is 1. The van der Waals surface area contributed by atoms with E-state index in [1.54, 1.807) is 17.2 Å². The zero-order chi connectivity index (χ0) is 19.6. The van der Waals surface area contributed by atoms with Gasteiger partial charge < -0.3 is 9.80 Å². The molecule has 1 aliphatic heterocycles. The summed E-state index contributed by atoms with van der Waals surface area (Å²) in [5.74, 6) is 0.190. The van der Waals surface area contributed by atoms with Crippen LogP contribution in [0.15, 0.2) is 30.7 Å². The highest BCUT2D eigenvalue weighted by Crippen LogP contribution is 2.33. The third-order valence-corrected chi connectivity index (χ3v) is 4.63. The molecule has 0 N–H and O–H groups in total. The molecular formula is C18H18ClF3N4O. The Morgan fingerprint density at radius 1 is 1.11 bits per heavy atom. The third-order valence-electron chi connectivity index (χ3n) is 4.35. The number of anilines is 1. The quantitative estimate of drug-likeness (QED) is 0.772. The number of rotatable bonds is 2. The Bertz CT molecular complexity index is 844. The van der Waals surface area contributed by atoms with Crippen LogP contribution in [0.3, 0.4) is 0 Å². The lowest BCUT2D eigenvalue weighted by atomic mass is 10.2. The Morgan fingerprint density at radius 2 is 1.89 bits per heavy atom. The standard InChI is InChI=1S/C18H18ClF3N4O/c1-12-7-13(10-23-9-12)17(27)26-4-2-3-25(5-6-26)16-15(19)8-14(11-24-16)18(20,21)22/h7-11H,2-6H2,1H3. The molecular weight excluding hydrogens is 381 g/mol. The molecule has 0 spiro atoms. The van der Waals surface area contributed by atoms with Crippen LogP contribution in [0, 0.1) is 6.92 Å². The predicted octanol–water partition coefficient (Wildman–Crippen LogP) is 3.81. The molecule has 1 aliphatic rings. The van der Waals surface area contributed by atoms with Gasteiger partial charge in [0.1, 0.15) is 5.82 Å². The minimum absolute atomic E-state index is 0.0486. The van der Waals surface area contributed by atoms with Crippen LogP contribution in [-0.2, 0) is 6.18 Å². The Balaban J connectivity index is 1.72. The second-order valence-corrected chi connectivity index (χ2v) is 6.82. The molecule has 1 fully saturated rings. The molecule has 3 heterocycles. The van der Waals surface area contributed by atoms with Crippen LogP contribution in [0.2, 0.25) is 5.02 Å². The van der Waals surface area contributed by atoms with Gasteiger partial charge in [-0.2, -0.15) is 13.2 Å². The first-order valence-corrected chi connectivity index (χ1v) is 8.82. The van der Waals surface area contributed by atoms with Crippen LogP contribution in [0.1, 0.15) is 27.9 Å². The number of carbonyl (C=O) groups is 1. The molecule has 0 radical (unpaired) electrons. The van der Waals surface area contributed by atoms with Gasteiger partial charge in [-0.05, 0) is 31.0 Å². The maximum Gasteiger partial charge on any atom is 0.417 e. The van der Waals surface area contributed by atoms with Crippen molar-refractivity contribution in [1.82, 2.24) is 14.9 Å². The molecule has 0 saturated carbocycles. The van der Waals surface area contributed by atoms with E-state index in [4.69, 9.17) is 11.6 Å². The highest BCUT2D eigenvalue weighted by molar-refractivity contribution is 6.33. The van der Waals surface area contributed by atoms with Crippen LogP contribution in [0.4, 0.5) is 19.0 Å². The minimum atomic E-state index is -4.49. The number of hydrogen-bond acceptors (Lipinski definition) is 4. The highest BCUT2D eigenvalue weighted by Gasteiger charge is 2.32. The monoisotopic (exact) mass is 398 g/mol. The third kappa shape index (κ3) is 4.50. The predicted molar refractivity (Wildman–Crippen MR) is 96.0 cm³/mol. The smallest absolute Gasteiger partial charge is 0.354 e. The number of hydrogen-bond donors (Lipinski definition) is 0. The van der Waals surface area contributed by atoms with Crippen LogP contribution in [0.5, 0.6) is 0 Å². The maximum atomic E-state index is 12.8. The van der Waals surface area contributed by atoms with Crippen LogP contribution in [-0.4, -0.2) is 47.0 Å². The van der Waals surface area contributed by atoms with Gasteiger partial charge in [0.2, 0.25) is 0 Å². The van der Waals surface area contributed by atoms with Gasteiger partial charge in [-0.25, -0.2) is 4.98 Å². The van der Waals surface area contributed by atoms with Crippen LogP contribution >= 0.6 is 11.6 Å². The summed E-state index contributed by atoms with van der Waals surface area (Å²) >= 11 is 6.04. The topological polar surface area (TPSA) is 49.3 Å². The van der Waals surface area contributed by atoms with Gasteiger partial charge in [-0.15, -0.1) is 0 Å². The van der Waals surface area contributed by atoms with Crippen molar-refractivity contribution < 1.29 is 18.0 Å². The number of aromatic nitrogens is 2. The zero-order valence-corrected chi connectivity index (χ0v) is 15.4. The fraction of sp³-hybridized carbons (Fsp3) is 0.389. The number of pyridine rings is 2. The maximum absolute atomic E-state index is 12.8. The first-order chi connectivity index (χ1) is 12.8. The molecule has 3 rings (SSSR count). The molecule has 9 heteroatoms. The average Bonchev–Trinajstić information content (AvgIpc) is 2.86. The van der Waals surface area contributed by atoms with E-state index in [0.717, 1.165) is 17.8 Å². The van der Waals surface area contributed by atoms with Crippen molar-refractivity contribution in [2.45, 2.75) is 19.5 Å². The molecule has 1 amide bonds. The van der Waals surface area contributed by atoms with E-state index in [0.29, 0.717) is 44.0 Å². The Hall–Kier alpha value is -2.35.